The largest absolute Gasteiger partial charge is 0.507 e. The van der Waals surface area contributed by atoms with Gasteiger partial charge in [0.1, 0.15) is 35.0 Å². The maximum absolute atomic E-state index is 13.0. The minimum Gasteiger partial charge on any atom is -0.507 e. The van der Waals surface area contributed by atoms with E-state index in [9.17, 15) is 30.0 Å². The Morgan fingerprint density at radius 3 is 2.30 bits per heavy atom. The van der Waals surface area contributed by atoms with Gasteiger partial charge in [-0.1, -0.05) is 24.3 Å². The van der Waals surface area contributed by atoms with Gasteiger partial charge < -0.3 is 44.1 Å². The van der Waals surface area contributed by atoms with E-state index in [4.69, 9.17) is 23.7 Å². The van der Waals surface area contributed by atoms with Crippen molar-refractivity contribution in [2.45, 2.75) is 31.3 Å². The maximum Gasteiger partial charge on any atom is 0.342 e. The Labute approximate surface area is 251 Å². The van der Waals surface area contributed by atoms with E-state index in [0.717, 1.165) is 0 Å². The number of hydrogen-bond donors (Lipinski definition) is 4. The molecule has 0 aromatic heterocycles. The Morgan fingerprint density at radius 2 is 1.52 bits per heavy atom. The molecule has 4 N–H and O–H groups in total. The molecule has 0 spiro atoms. The van der Waals surface area contributed by atoms with Crippen molar-refractivity contribution in [1.82, 2.24) is 0 Å². The monoisotopic (exact) mass is 600 g/mol. The number of phenols is 3. The highest BCUT2D eigenvalue weighted by atomic mass is 16.6. The number of carbonyl (C=O) groups is 2. The molecule has 2 heterocycles. The first-order chi connectivity index (χ1) is 21.1. The number of carbonyl (C=O) groups excluding carboxylic acids is 2. The third-order valence-electron chi connectivity index (χ3n) is 7.48. The van der Waals surface area contributed by atoms with E-state index in [1.165, 1.54) is 31.4 Å². The maximum atomic E-state index is 13.0. The summed E-state index contributed by atoms with van der Waals surface area (Å²) < 4.78 is 29.4. The summed E-state index contributed by atoms with van der Waals surface area (Å²) in [7, 11) is 1.40. The SMILES string of the molecule is COc1cc(C2Oc3cc([C@@H]4Oc5cc(C)cc(O)c5C(=O)C4O)ccc3O[C@H]2COC(=O)c2ccccc2O)ccc1O. The number of esters is 1. The Balaban J connectivity index is 1.32. The zero-order valence-corrected chi connectivity index (χ0v) is 23.6. The molecule has 0 bridgehead atoms. The van der Waals surface area contributed by atoms with Gasteiger partial charge in [0.05, 0.1) is 7.11 Å². The van der Waals surface area contributed by atoms with E-state index in [-0.39, 0.29) is 52.2 Å². The van der Waals surface area contributed by atoms with Crippen LogP contribution in [0.15, 0.2) is 72.8 Å². The number of para-hydroxylation sites is 1. The number of ketones is 1. The standard InChI is InChI=1S/C33H28O11/c1-16-11-22(36)28-26(12-16)44-32(30(38)29(28)37)18-8-10-23-25(14-18)43-31(17-7-9-21(35)24(13-17)40-2)27(42-23)15-41-33(39)19-5-3-4-6-20(19)34/h3-14,27,30-32,34-36,38H,15H2,1-2H3/t27-,30?,31?,32-/m0/s1. The van der Waals surface area contributed by atoms with Gasteiger partial charge in [-0.15, -0.1) is 0 Å². The topological polar surface area (TPSA) is 161 Å². The number of aliphatic hydroxyl groups excluding tert-OH is 1. The molecule has 226 valence electrons. The van der Waals surface area contributed by atoms with Gasteiger partial charge in [0, 0.05) is 5.56 Å². The van der Waals surface area contributed by atoms with Crippen LogP contribution in [-0.2, 0) is 4.74 Å². The smallest absolute Gasteiger partial charge is 0.342 e. The number of aromatic hydroxyl groups is 3. The number of fused-ring (bicyclic) bond motifs is 2. The fraction of sp³-hybridized carbons (Fsp3) is 0.212. The number of phenolic OH excluding ortho intramolecular Hbond substituents is 3. The van der Waals surface area contributed by atoms with Gasteiger partial charge in [-0.3, -0.25) is 4.79 Å². The van der Waals surface area contributed by atoms with Gasteiger partial charge >= 0.3 is 5.97 Å². The Bertz CT molecular complexity index is 1770. The summed E-state index contributed by atoms with van der Waals surface area (Å²) in [6, 6.07) is 18.4. The first-order valence-corrected chi connectivity index (χ1v) is 13.7. The average molecular weight is 601 g/mol. The van der Waals surface area contributed by atoms with Gasteiger partial charge in [-0.25, -0.2) is 4.79 Å². The summed E-state index contributed by atoms with van der Waals surface area (Å²) in [5, 5.41) is 41.4. The molecule has 11 heteroatoms. The van der Waals surface area contributed by atoms with Crippen molar-refractivity contribution < 1.29 is 53.7 Å². The van der Waals surface area contributed by atoms with Crippen molar-refractivity contribution in [3.8, 4) is 40.2 Å². The van der Waals surface area contributed by atoms with Crippen LogP contribution in [0.25, 0.3) is 0 Å². The van der Waals surface area contributed by atoms with Gasteiger partial charge in [0.25, 0.3) is 0 Å². The summed E-state index contributed by atoms with van der Waals surface area (Å²) in [5.41, 5.74) is 1.52. The van der Waals surface area contributed by atoms with E-state index < -0.39 is 36.2 Å². The molecule has 4 aromatic rings. The van der Waals surface area contributed by atoms with Crippen LogP contribution < -0.4 is 18.9 Å². The predicted octanol–water partition coefficient (Wildman–Crippen LogP) is 4.54. The lowest BCUT2D eigenvalue weighted by molar-refractivity contribution is -0.0260. The predicted molar refractivity (Wildman–Crippen MR) is 154 cm³/mol. The molecule has 0 amide bonds. The highest BCUT2D eigenvalue weighted by Gasteiger charge is 2.41. The van der Waals surface area contributed by atoms with Gasteiger partial charge in [-0.05, 0) is 66.6 Å². The lowest BCUT2D eigenvalue weighted by Crippen LogP contribution is -2.38. The normalized spacial score (nSPS) is 20.3. The number of aliphatic hydroxyl groups is 1. The first-order valence-electron chi connectivity index (χ1n) is 13.7. The van der Waals surface area contributed by atoms with Crippen molar-refractivity contribution in [3.05, 3.63) is 101 Å². The Kier molecular flexibility index (Phi) is 7.40. The number of aryl methyl sites for hydroxylation is 1. The molecule has 0 fully saturated rings. The zero-order valence-electron chi connectivity index (χ0n) is 23.6. The summed E-state index contributed by atoms with van der Waals surface area (Å²) in [6.07, 6.45) is -4.44. The summed E-state index contributed by atoms with van der Waals surface area (Å²) >= 11 is 0. The minimum absolute atomic E-state index is 0.0113. The van der Waals surface area contributed by atoms with Gasteiger partial charge in [0.15, 0.2) is 47.4 Å². The molecule has 4 aromatic carbocycles. The molecule has 4 atom stereocenters. The zero-order chi connectivity index (χ0) is 31.1. The number of hydrogen-bond acceptors (Lipinski definition) is 11. The van der Waals surface area contributed by atoms with Crippen LogP contribution in [-0.4, -0.2) is 58.1 Å². The molecule has 0 radical (unpaired) electrons. The Hall–Kier alpha value is -5.42. The fourth-order valence-electron chi connectivity index (χ4n) is 5.30. The minimum atomic E-state index is -1.60. The second-order valence-corrected chi connectivity index (χ2v) is 10.5. The third-order valence-corrected chi connectivity index (χ3v) is 7.48. The van der Waals surface area contributed by atoms with Crippen molar-refractivity contribution in [2.24, 2.45) is 0 Å². The van der Waals surface area contributed by atoms with E-state index in [0.29, 0.717) is 22.4 Å². The van der Waals surface area contributed by atoms with E-state index in [1.807, 2.05) is 0 Å². The molecule has 6 rings (SSSR count). The number of rotatable bonds is 6. The molecule has 0 saturated heterocycles. The molecule has 11 nitrogen and oxygen atoms in total. The second-order valence-electron chi connectivity index (χ2n) is 10.5. The fourth-order valence-corrected chi connectivity index (χ4v) is 5.30. The van der Waals surface area contributed by atoms with Crippen LogP contribution in [0.2, 0.25) is 0 Å². The molecule has 0 aliphatic carbocycles. The number of Topliss-reactive ketones (excluding diaryl/α,β-unsaturated/α-hetero) is 1. The first kappa shape index (κ1) is 28.7. The Morgan fingerprint density at radius 1 is 0.795 bits per heavy atom. The number of methoxy groups -OCH3 is 1. The molecule has 0 saturated carbocycles. The number of ether oxygens (including phenoxy) is 5. The van der Waals surface area contributed by atoms with Crippen LogP contribution in [0.1, 0.15) is 49.6 Å². The highest BCUT2D eigenvalue weighted by Crippen LogP contribution is 2.45. The van der Waals surface area contributed by atoms with Crippen LogP contribution in [0.5, 0.6) is 40.2 Å². The van der Waals surface area contributed by atoms with Gasteiger partial charge in [-0.2, -0.15) is 0 Å². The quantitative estimate of drug-likeness (QED) is 0.230. The van der Waals surface area contributed by atoms with Crippen LogP contribution in [0, 0.1) is 6.92 Å². The number of benzene rings is 4. The highest BCUT2D eigenvalue weighted by molar-refractivity contribution is 6.05. The van der Waals surface area contributed by atoms with E-state index in [1.54, 1.807) is 55.5 Å². The molecule has 2 aliphatic heterocycles. The van der Waals surface area contributed by atoms with E-state index in [2.05, 4.69) is 0 Å². The molecule has 2 aliphatic rings. The molecule has 44 heavy (non-hydrogen) atoms. The van der Waals surface area contributed by atoms with E-state index >= 15 is 0 Å². The third kappa shape index (κ3) is 5.18. The van der Waals surface area contributed by atoms with Crippen LogP contribution >= 0.6 is 0 Å². The molecule has 2 unspecified atom stereocenters. The van der Waals surface area contributed by atoms with Crippen molar-refractivity contribution in [3.63, 3.8) is 0 Å². The van der Waals surface area contributed by atoms with Crippen molar-refractivity contribution in [1.29, 1.82) is 0 Å². The van der Waals surface area contributed by atoms with Crippen LogP contribution in [0.3, 0.4) is 0 Å². The average Bonchev–Trinajstić information content (AvgIpc) is 3.01. The van der Waals surface area contributed by atoms with Crippen molar-refractivity contribution in [2.75, 3.05) is 13.7 Å². The van der Waals surface area contributed by atoms with Crippen LogP contribution in [0.4, 0.5) is 0 Å². The van der Waals surface area contributed by atoms with Gasteiger partial charge in [0.2, 0.25) is 5.78 Å². The second kappa shape index (κ2) is 11.3. The summed E-state index contributed by atoms with van der Waals surface area (Å²) in [5.74, 6) is -1.14. The summed E-state index contributed by atoms with van der Waals surface area (Å²) in [4.78, 5) is 25.7. The molecular formula is C33H28O11. The van der Waals surface area contributed by atoms with Crippen molar-refractivity contribution >= 4 is 11.8 Å². The summed E-state index contributed by atoms with van der Waals surface area (Å²) in [6.45, 7) is 1.48. The lowest BCUT2D eigenvalue weighted by atomic mass is 9.92. The molecular weight excluding hydrogens is 572 g/mol. The lowest BCUT2D eigenvalue weighted by Gasteiger charge is -2.35.